The lowest BCUT2D eigenvalue weighted by Gasteiger charge is -2.08. The number of amides is 2. The van der Waals surface area contributed by atoms with Crippen molar-refractivity contribution in [2.45, 2.75) is 23.1 Å². The lowest BCUT2D eigenvalue weighted by atomic mass is 10.1. The van der Waals surface area contributed by atoms with Crippen LogP contribution in [-0.2, 0) is 20.0 Å². The Morgan fingerprint density at radius 1 is 0.906 bits per heavy atom. The maximum atomic E-state index is 12.6. The molecule has 1 aliphatic rings. The van der Waals surface area contributed by atoms with Crippen LogP contribution in [0.15, 0.2) is 51.3 Å². The summed E-state index contributed by atoms with van der Waals surface area (Å²) >= 11 is 0. The third-order valence-corrected chi connectivity index (χ3v) is 7.54. The minimum Gasteiger partial charge on any atom is -0.395 e. The Kier molecular flexibility index (Phi) is 6.95. The summed E-state index contributed by atoms with van der Waals surface area (Å²) in [5.41, 5.74) is 9.40. The SMILES string of the molecule is CCCNS(=O)(=O)c1ccc2c(c1)/C(=N\NC(N)=O)c1cc(S(=O)(=O)NCCO)ccc1-2. The van der Waals surface area contributed by atoms with Gasteiger partial charge < -0.3 is 10.8 Å². The van der Waals surface area contributed by atoms with Crippen LogP contribution in [0.4, 0.5) is 4.79 Å². The van der Waals surface area contributed by atoms with E-state index in [9.17, 15) is 21.6 Å². The van der Waals surface area contributed by atoms with Crippen LogP contribution < -0.4 is 20.6 Å². The van der Waals surface area contributed by atoms with Crippen LogP contribution in [-0.4, -0.2) is 53.4 Å². The van der Waals surface area contributed by atoms with Crippen LogP contribution in [0.5, 0.6) is 0 Å². The van der Waals surface area contributed by atoms with Crippen molar-refractivity contribution in [2.75, 3.05) is 19.7 Å². The fourth-order valence-corrected chi connectivity index (χ4v) is 5.41. The molecule has 0 aliphatic heterocycles. The number of urea groups is 1. The molecule has 0 heterocycles. The highest BCUT2D eigenvalue weighted by Gasteiger charge is 2.29. The molecule has 172 valence electrons. The Morgan fingerprint density at radius 3 is 1.84 bits per heavy atom. The van der Waals surface area contributed by atoms with Gasteiger partial charge in [0, 0.05) is 24.2 Å². The molecule has 32 heavy (non-hydrogen) atoms. The minimum atomic E-state index is -3.91. The number of nitrogens with two attached hydrogens (primary N) is 1. The zero-order valence-corrected chi connectivity index (χ0v) is 18.8. The van der Waals surface area contributed by atoms with E-state index in [0.717, 1.165) is 0 Å². The summed E-state index contributed by atoms with van der Waals surface area (Å²) < 4.78 is 54.9. The molecule has 0 saturated carbocycles. The van der Waals surface area contributed by atoms with Crippen molar-refractivity contribution in [3.63, 3.8) is 0 Å². The summed E-state index contributed by atoms with van der Waals surface area (Å²) in [6, 6.07) is 7.83. The monoisotopic (exact) mass is 481 g/mol. The summed E-state index contributed by atoms with van der Waals surface area (Å²) in [5.74, 6) is 0. The van der Waals surface area contributed by atoms with Gasteiger partial charge in [0.15, 0.2) is 0 Å². The first-order valence-electron chi connectivity index (χ1n) is 9.63. The number of nitrogens with zero attached hydrogens (tertiary/aromatic N) is 1. The highest BCUT2D eigenvalue weighted by Crippen LogP contribution is 2.39. The van der Waals surface area contributed by atoms with Gasteiger partial charge in [0.05, 0.1) is 22.1 Å². The molecule has 11 nitrogen and oxygen atoms in total. The molecule has 2 aromatic carbocycles. The Hall–Kier alpha value is -2.84. The van der Waals surface area contributed by atoms with Crippen LogP contribution in [0.1, 0.15) is 24.5 Å². The molecule has 13 heteroatoms. The number of fused-ring (bicyclic) bond motifs is 3. The molecule has 0 saturated heterocycles. The smallest absolute Gasteiger partial charge is 0.332 e. The van der Waals surface area contributed by atoms with Crippen LogP contribution in [0.25, 0.3) is 11.1 Å². The Labute approximate surface area is 185 Å². The zero-order chi connectivity index (χ0) is 23.5. The second-order valence-corrected chi connectivity index (χ2v) is 10.4. The number of hydrogen-bond acceptors (Lipinski definition) is 7. The molecule has 0 fully saturated rings. The Morgan fingerprint density at radius 2 is 1.41 bits per heavy atom. The number of primary amides is 1. The van der Waals surface area contributed by atoms with Crippen molar-refractivity contribution >= 4 is 31.8 Å². The molecule has 0 unspecified atom stereocenters. The minimum absolute atomic E-state index is 0.00161. The van der Waals surface area contributed by atoms with E-state index in [4.69, 9.17) is 10.8 Å². The summed E-state index contributed by atoms with van der Waals surface area (Å²) in [5, 5.41) is 12.9. The van der Waals surface area contributed by atoms with Crippen LogP contribution in [0, 0.1) is 0 Å². The lowest BCUT2D eigenvalue weighted by Crippen LogP contribution is -2.27. The molecule has 3 rings (SSSR count). The summed E-state index contributed by atoms with van der Waals surface area (Å²) in [6.07, 6.45) is 0.617. The van der Waals surface area contributed by atoms with Crippen molar-refractivity contribution in [1.82, 2.24) is 14.9 Å². The number of hydrogen-bond donors (Lipinski definition) is 5. The number of hydrazone groups is 1. The van der Waals surface area contributed by atoms with E-state index < -0.39 is 26.1 Å². The highest BCUT2D eigenvalue weighted by atomic mass is 32.2. The lowest BCUT2D eigenvalue weighted by molar-refractivity contribution is 0.249. The first-order valence-corrected chi connectivity index (χ1v) is 12.6. The average molecular weight is 482 g/mol. The number of sulfonamides is 2. The van der Waals surface area contributed by atoms with Crippen molar-refractivity contribution in [1.29, 1.82) is 0 Å². The largest absolute Gasteiger partial charge is 0.395 e. The van der Waals surface area contributed by atoms with Gasteiger partial charge in [0.2, 0.25) is 20.0 Å². The van der Waals surface area contributed by atoms with Gasteiger partial charge in [-0.25, -0.2) is 36.5 Å². The fraction of sp³-hybridized carbons (Fsp3) is 0.263. The molecular weight excluding hydrogens is 458 g/mol. The van der Waals surface area contributed by atoms with E-state index in [1.807, 2.05) is 6.92 Å². The van der Waals surface area contributed by atoms with Crippen molar-refractivity contribution in [3.8, 4) is 11.1 Å². The molecule has 6 N–H and O–H groups in total. The van der Waals surface area contributed by atoms with Crippen LogP contribution >= 0.6 is 0 Å². The molecule has 0 aromatic heterocycles. The zero-order valence-electron chi connectivity index (χ0n) is 17.1. The van der Waals surface area contributed by atoms with Gasteiger partial charge in [-0.1, -0.05) is 19.1 Å². The third kappa shape index (κ3) is 4.81. The standard InChI is InChI=1S/C19H23N5O6S2/c1-2-7-21-31(27,28)12-3-5-14-15-6-4-13(32(29,30)22-8-9-25)11-17(15)18(16(14)10-12)23-24-19(20)26/h3-6,10-11,21-22,25H,2,7-9H2,1H3,(H3,20,24,26)/b23-18+. The van der Waals surface area contributed by atoms with Crippen molar-refractivity contribution in [3.05, 3.63) is 47.5 Å². The van der Waals surface area contributed by atoms with Crippen molar-refractivity contribution < 1.29 is 26.7 Å². The molecule has 0 bridgehead atoms. The normalized spacial score (nSPS) is 14.2. The van der Waals surface area contributed by atoms with Gasteiger partial charge in [0.25, 0.3) is 0 Å². The van der Waals surface area contributed by atoms with Gasteiger partial charge in [-0.05, 0) is 41.8 Å². The number of benzene rings is 2. The topological polar surface area (TPSA) is 180 Å². The van der Waals surface area contributed by atoms with E-state index in [1.54, 1.807) is 12.1 Å². The van der Waals surface area contributed by atoms with E-state index in [2.05, 4.69) is 20.0 Å². The predicted octanol–water partition coefficient (Wildman–Crippen LogP) is 0.0466. The summed E-state index contributed by atoms with van der Waals surface area (Å²) in [4.78, 5) is 11.2. The van der Waals surface area contributed by atoms with Gasteiger partial charge in [-0.2, -0.15) is 5.10 Å². The number of aliphatic hydroxyl groups excluding tert-OH is 1. The first-order chi connectivity index (χ1) is 15.1. The number of carbonyl (C=O) groups excluding carboxylic acids is 1. The third-order valence-electron chi connectivity index (χ3n) is 4.63. The van der Waals surface area contributed by atoms with Gasteiger partial charge in [-0.3, -0.25) is 0 Å². The molecule has 1 aliphatic carbocycles. The van der Waals surface area contributed by atoms with E-state index in [0.29, 0.717) is 28.7 Å². The molecule has 0 spiro atoms. The Bertz CT molecular complexity index is 1200. The number of carbonyl (C=O) groups is 1. The number of nitrogens with one attached hydrogen (secondary N) is 3. The average Bonchev–Trinajstić information content (AvgIpc) is 3.07. The van der Waals surface area contributed by atoms with Gasteiger partial charge in [0.1, 0.15) is 0 Å². The van der Waals surface area contributed by atoms with E-state index in [1.165, 1.54) is 24.3 Å². The number of aliphatic hydroxyl groups is 1. The summed E-state index contributed by atoms with van der Waals surface area (Å²) in [6.45, 7) is 1.58. The van der Waals surface area contributed by atoms with Crippen LogP contribution in [0.2, 0.25) is 0 Å². The highest BCUT2D eigenvalue weighted by molar-refractivity contribution is 7.89. The van der Waals surface area contributed by atoms with Gasteiger partial charge >= 0.3 is 6.03 Å². The van der Waals surface area contributed by atoms with E-state index >= 15 is 0 Å². The quantitative estimate of drug-likeness (QED) is 0.269. The first kappa shape index (κ1) is 23.8. The van der Waals surface area contributed by atoms with Crippen molar-refractivity contribution in [2.24, 2.45) is 10.8 Å². The van der Waals surface area contributed by atoms with E-state index in [-0.39, 0.29) is 35.2 Å². The number of rotatable bonds is 9. The second kappa shape index (κ2) is 9.34. The maximum absolute atomic E-state index is 12.6. The maximum Gasteiger partial charge on any atom is 0.332 e. The van der Waals surface area contributed by atoms with Crippen LogP contribution in [0.3, 0.4) is 0 Å². The summed E-state index contributed by atoms with van der Waals surface area (Å²) in [7, 11) is -7.68. The molecule has 0 radical (unpaired) electrons. The fourth-order valence-electron chi connectivity index (χ4n) is 3.20. The molecule has 0 atom stereocenters. The Balaban J connectivity index is 2.14. The van der Waals surface area contributed by atoms with Gasteiger partial charge in [-0.15, -0.1) is 0 Å². The molecule has 2 amide bonds. The molecular formula is C19H23N5O6S2. The molecule has 2 aromatic rings. The predicted molar refractivity (Wildman–Crippen MR) is 118 cm³/mol. The second-order valence-electron chi connectivity index (χ2n) is 6.87.